The molecule has 1 amide bonds. The third-order valence-electron chi connectivity index (χ3n) is 13.5. The molecule has 0 fully saturated rings. The first-order valence-corrected chi connectivity index (χ1v) is 30.9. The van der Waals surface area contributed by atoms with E-state index in [1.165, 1.54) is 25.3 Å². The number of imidazole rings is 2. The van der Waals surface area contributed by atoms with Crippen molar-refractivity contribution in [1.29, 1.82) is 0 Å². The van der Waals surface area contributed by atoms with Crippen LogP contribution in [0.1, 0.15) is 127 Å². The number of fused-ring (bicyclic) bond motifs is 1. The molecule has 22 heteroatoms. The number of aliphatic hydroxyl groups excluding tert-OH is 2. The first-order valence-electron chi connectivity index (χ1n) is 28.7. The predicted octanol–water partition coefficient (Wildman–Crippen LogP) is 11.9. The van der Waals surface area contributed by atoms with Crippen molar-refractivity contribution in [2.24, 2.45) is 14.1 Å². The van der Waals surface area contributed by atoms with Crippen LogP contribution in [-0.4, -0.2) is 103 Å². The number of halogens is 2. The number of methoxy groups -OCH3 is 1. The number of ether oxygens (including phenoxy) is 3. The Morgan fingerprint density at radius 1 is 0.727 bits per heavy atom. The fourth-order valence-corrected chi connectivity index (χ4v) is 10.4. The van der Waals surface area contributed by atoms with Gasteiger partial charge in [-0.3, -0.25) is 23.5 Å². The summed E-state index contributed by atoms with van der Waals surface area (Å²) in [4.78, 5) is 49.5. The monoisotopic (exact) mass is 1270 g/mol. The fraction of sp³-hybridized carbons (Fsp3) is 0.394. The third kappa shape index (κ3) is 20.2. The zero-order valence-electron chi connectivity index (χ0n) is 52.6. The summed E-state index contributed by atoms with van der Waals surface area (Å²) in [7, 11) is 1.32. The lowest BCUT2D eigenvalue weighted by molar-refractivity contribution is -0.126. The van der Waals surface area contributed by atoms with Gasteiger partial charge in [-0.1, -0.05) is 131 Å². The maximum atomic E-state index is 13.4. The van der Waals surface area contributed by atoms with Crippen molar-refractivity contribution < 1.29 is 47.0 Å². The molecule has 0 saturated carbocycles. The number of nitrogen functional groups attached to an aromatic ring is 1. The summed E-state index contributed by atoms with van der Waals surface area (Å²) in [5.41, 5.74) is 13.9. The molecule has 0 saturated heterocycles. The van der Waals surface area contributed by atoms with Gasteiger partial charge in [-0.15, -0.1) is 0 Å². The number of nitrogens with two attached hydrogens (primary N) is 1. The van der Waals surface area contributed by atoms with Gasteiger partial charge < -0.3 is 44.6 Å². The minimum atomic E-state index is -4.02. The Morgan fingerprint density at radius 3 is 1.62 bits per heavy atom. The number of hydrogen-bond donors (Lipinski definition) is 5. The van der Waals surface area contributed by atoms with Crippen LogP contribution in [0.4, 0.5) is 5.69 Å². The quantitative estimate of drug-likeness (QED) is 0.0286. The molecular weight excluding hydrogens is 1180 g/mol. The normalized spacial score (nSPS) is 12.2. The van der Waals surface area contributed by atoms with Gasteiger partial charge >= 0.3 is 0 Å². The zero-order chi connectivity index (χ0) is 65.4. The zero-order valence-corrected chi connectivity index (χ0v) is 55.0. The first kappa shape index (κ1) is 71.2. The number of hydrogen-bond acceptors (Lipinski definition) is 14. The molecule has 0 unspecified atom stereocenters. The van der Waals surface area contributed by atoms with E-state index in [2.05, 4.69) is 90.0 Å². The Kier molecular flexibility index (Phi) is 25.5. The van der Waals surface area contributed by atoms with Crippen molar-refractivity contribution in [2.45, 2.75) is 142 Å². The van der Waals surface area contributed by atoms with Gasteiger partial charge in [0.1, 0.15) is 23.1 Å². The summed E-state index contributed by atoms with van der Waals surface area (Å²) in [6, 6.07) is 28.2. The second kappa shape index (κ2) is 31.5. The summed E-state index contributed by atoms with van der Waals surface area (Å²) in [5.74, 6) is 2.65. The largest absolute Gasteiger partial charge is 0.489 e. The van der Waals surface area contributed by atoms with Gasteiger partial charge in [-0.2, -0.15) is 8.42 Å². The van der Waals surface area contributed by atoms with Gasteiger partial charge in [0.2, 0.25) is 0 Å². The molecule has 88 heavy (non-hydrogen) atoms. The third-order valence-corrected chi connectivity index (χ3v) is 15.0. The molecule has 8 aromatic rings. The highest BCUT2D eigenvalue weighted by molar-refractivity contribution is 7.85. The minimum Gasteiger partial charge on any atom is -0.489 e. The van der Waals surface area contributed by atoms with Crippen molar-refractivity contribution in [3.8, 4) is 34.0 Å². The molecule has 2 atom stereocenters. The van der Waals surface area contributed by atoms with Crippen molar-refractivity contribution >= 4 is 62.3 Å². The highest BCUT2D eigenvalue weighted by Gasteiger charge is 2.24. The van der Waals surface area contributed by atoms with Crippen LogP contribution in [0.5, 0.6) is 11.5 Å². The molecule has 6 N–H and O–H groups in total. The number of carbonyl (C=O) groups excluding carboxylic acids is 2. The highest BCUT2D eigenvalue weighted by atomic mass is 35.5. The van der Waals surface area contributed by atoms with Crippen LogP contribution in [-0.2, 0) is 57.4 Å². The second-order valence-corrected chi connectivity index (χ2v) is 26.1. The lowest BCUT2D eigenvalue weighted by Crippen LogP contribution is -2.37. The standard InChI is InChI=1S/C29H35ClN4O3.C28H37ClN4O3.C7H8O3S.C2H4O2/c1-18(2)37-26-15-24-22(14-23(26)30)27(36)34(17-31-24)21(11-12-35)13-19-7-9-20(10-8-19)25-16-33(6)28(32-25)29(3,4)5;1-17(2)36-25-15-23(30)21(14-22(25)29)26(35)31-20(11-12-34)13-18-7-9-19(10-8-18)24-16-33(6)27(32-24)28(3,4)5;1-6-2-4-7(5-3-6)11(8,9)10;1-4-2-3/h7-10,14-18,21,35H,11-13H2,1-6H3;7-10,14-17,20,34H,11-13,30H2,1-6H3,(H,31,35);2-5H,1H3,(H,8,9,10);2H,1H3/t21-;20-;;/m11../s1. The van der Waals surface area contributed by atoms with Crippen molar-refractivity contribution in [1.82, 2.24) is 34.0 Å². The lowest BCUT2D eigenvalue weighted by Gasteiger charge is -2.20. The number of aromatic nitrogens is 6. The smallest absolute Gasteiger partial charge is 0.294 e. The van der Waals surface area contributed by atoms with Crippen LogP contribution in [0.25, 0.3) is 33.4 Å². The van der Waals surface area contributed by atoms with Crippen molar-refractivity contribution in [3.63, 3.8) is 0 Å². The number of nitrogens with zero attached hydrogens (tertiary/aromatic N) is 6. The van der Waals surface area contributed by atoms with E-state index in [0.717, 1.165) is 50.9 Å². The molecule has 0 bridgehead atoms. The van der Waals surface area contributed by atoms with Crippen molar-refractivity contribution in [2.75, 3.05) is 26.1 Å². The van der Waals surface area contributed by atoms with Gasteiger partial charge in [0.05, 0.1) is 68.4 Å². The lowest BCUT2D eigenvalue weighted by atomic mass is 9.96. The van der Waals surface area contributed by atoms with Crippen LogP contribution in [0.2, 0.25) is 10.0 Å². The van der Waals surface area contributed by atoms with E-state index >= 15 is 0 Å². The molecule has 3 aromatic heterocycles. The van der Waals surface area contributed by atoms with E-state index in [-0.39, 0.29) is 75.9 Å². The molecule has 5 aromatic carbocycles. The summed E-state index contributed by atoms with van der Waals surface area (Å²) >= 11 is 12.7. The van der Waals surface area contributed by atoms with E-state index in [4.69, 9.17) is 57.7 Å². The molecule has 3 heterocycles. The maximum Gasteiger partial charge on any atom is 0.294 e. The molecular formula is C66H84Cl2N8O11S. The fourth-order valence-electron chi connectivity index (χ4n) is 9.48. The number of aliphatic hydroxyl groups is 2. The molecule has 0 spiro atoms. The first-order chi connectivity index (χ1) is 41.3. The van der Waals surface area contributed by atoms with E-state index in [1.807, 2.05) is 85.4 Å². The van der Waals surface area contributed by atoms with Gasteiger partial charge in [-0.25, -0.2) is 15.0 Å². The van der Waals surface area contributed by atoms with Gasteiger partial charge in [0.25, 0.3) is 28.1 Å². The predicted molar refractivity (Wildman–Crippen MR) is 348 cm³/mol. The Hall–Kier alpha value is -7.59. The van der Waals surface area contributed by atoms with Crippen LogP contribution in [0.15, 0.2) is 125 Å². The topological polar surface area (TPSA) is 265 Å². The molecule has 0 aliphatic carbocycles. The van der Waals surface area contributed by atoms with Gasteiger partial charge in [0.15, 0.2) is 0 Å². The number of nitrogens with one attached hydrogen (secondary N) is 1. The van der Waals surface area contributed by atoms with Gasteiger partial charge in [-0.05, 0) is 95.7 Å². The molecule has 0 aliphatic rings. The molecule has 474 valence electrons. The molecule has 19 nitrogen and oxygen atoms in total. The van der Waals surface area contributed by atoms with Crippen LogP contribution >= 0.6 is 23.2 Å². The number of rotatable bonds is 19. The minimum absolute atomic E-state index is 0.0428. The van der Waals surface area contributed by atoms with Gasteiger partial charge in [0, 0.05) is 91.6 Å². The maximum absolute atomic E-state index is 13.4. The average molecular weight is 1270 g/mol. The summed E-state index contributed by atoms with van der Waals surface area (Å²) in [5, 5.41) is 23.4. The Balaban J connectivity index is 0.000000260. The van der Waals surface area contributed by atoms with E-state index < -0.39 is 10.1 Å². The Morgan fingerprint density at radius 2 is 1.19 bits per heavy atom. The molecule has 8 rings (SSSR count). The van der Waals surface area contributed by atoms with E-state index in [0.29, 0.717) is 64.6 Å². The Labute approximate surface area is 526 Å². The number of aryl methyl sites for hydroxylation is 3. The van der Waals surface area contributed by atoms with E-state index in [9.17, 15) is 28.2 Å². The Bertz CT molecular complexity index is 3780. The number of amides is 1. The summed E-state index contributed by atoms with van der Waals surface area (Å²) < 4.78 is 50.5. The van der Waals surface area contributed by atoms with Crippen LogP contribution < -0.4 is 26.1 Å². The van der Waals surface area contributed by atoms with Crippen molar-refractivity contribution in [3.05, 3.63) is 170 Å². The molecule has 0 aliphatic heterocycles. The average Bonchev–Trinajstić information content (AvgIpc) is 1.93. The second-order valence-electron chi connectivity index (χ2n) is 23.9. The van der Waals surface area contributed by atoms with Crippen LogP contribution in [0, 0.1) is 6.92 Å². The summed E-state index contributed by atoms with van der Waals surface area (Å²) in [6.45, 7) is 22.6. The summed E-state index contributed by atoms with van der Waals surface area (Å²) in [6.07, 6.45) is 7.49. The highest BCUT2D eigenvalue weighted by Crippen LogP contribution is 2.33. The number of anilines is 1. The SMILES string of the molecule is CC(C)Oc1cc(N)c(C(=O)N[C@H](CCO)Cc2ccc(-c3cn(C)c(C(C)(C)C)n3)cc2)cc1Cl.CC(C)Oc1cc2ncn([C@H](CCO)Cc3ccc(-c4cn(C)c(C(C)(C)C)n4)cc3)c(=O)c2cc1Cl.COC=O.Cc1ccc(S(=O)(=O)O)cc1. The molecule has 0 radical (unpaired) electrons. The van der Waals surface area contributed by atoms with E-state index in [1.54, 1.807) is 41.2 Å². The van der Waals surface area contributed by atoms with Crippen LogP contribution in [0.3, 0.4) is 0 Å². The number of carbonyl (C=O) groups is 2. The number of benzene rings is 5.